The van der Waals surface area contributed by atoms with E-state index in [1.54, 1.807) is 24.1 Å². The highest BCUT2D eigenvalue weighted by atomic mass is 32.2. The second kappa shape index (κ2) is 10.5. The van der Waals surface area contributed by atoms with Crippen LogP contribution in [0.3, 0.4) is 0 Å². The van der Waals surface area contributed by atoms with Crippen molar-refractivity contribution in [2.45, 2.75) is 57.6 Å². The lowest BCUT2D eigenvalue weighted by Gasteiger charge is -2.29. The van der Waals surface area contributed by atoms with E-state index in [1.165, 1.54) is 10.5 Å². The molecule has 0 unspecified atom stereocenters. The number of sulfonamides is 1. The molecule has 7 nitrogen and oxygen atoms in total. The number of carbonyl (C=O) groups excluding carboxylic acids is 1. The average molecular weight is 433 g/mol. The molecule has 0 bridgehead atoms. The minimum absolute atomic E-state index is 0.0232. The Morgan fingerprint density at radius 2 is 1.67 bits per heavy atom. The van der Waals surface area contributed by atoms with E-state index in [1.807, 2.05) is 58.0 Å². The summed E-state index contributed by atoms with van der Waals surface area (Å²) in [5.74, 6) is 0.558. The molecule has 0 spiro atoms. The van der Waals surface area contributed by atoms with E-state index >= 15 is 0 Å². The fraction of sp³-hybridized carbons (Fsp3) is 0.455. The van der Waals surface area contributed by atoms with Crippen LogP contribution in [0.4, 0.5) is 5.82 Å². The van der Waals surface area contributed by atoms with E-state index in [-0.39, 0.29) is 22.9 Å². The molecule has 1 heterocycles. The highest BCUT2D eigenvalue weighted by molar-refractivity contribution is 7.89. The summed E-state index contributed by atoms with van der Waals surface area (Å²) in [6.07, 6.45) is 1.68. The SMILES string of the molecule is CC(C)N(C(C)C)S(=O)(=O)c1ccc(NCCC(=O)N(C)Cc2ccccc2)nc1. The lowest BCUT2D eigenvalue weighted by molar-refractivity contribution is -0.130. The Bertz CT molecular complexity index is 905. The number of carbonyl (C=O) groups is 1. The van der Waals surface area contributed by atoms with Crippen LogP contribution in [0.2, 0.25) is 0 Å². The Hall–Kier alpha value is -2.45. The summed E-state index contributed by atoms with van der Waals surface area (Å²) < 4.78 is 27.2. The second-order valence-corrected chi connectivity index (χ2v) is 9.66. The van der Waals surface area contributed by atoms with Crippen molar-refractivity contribution in [1.82, 2.24) is 14.2 Å². The molecule has 2 aromatic rings. The van der Waals surface area contributed by atoms with Gasteiger partial charge in [-0.15, -0.1) is 0 Å². The molecule has 0 atom stereocenters. The first-order valence-electron chi connectivity index (χ1n) is 10.1. The molecule has 0 fully saturated rings. The number of pyridine rings is 1. The van der Waals surface area contributed by atoms with Crippen molar-refractivity contribution < 1.29 is 13.2 Å². The van der Waals surface area contributed by atoms with Crippen LogP contribution in [0.1, 0.15) is 39.7 Å². The molecule has 0 aliphatic heterocycles. The summed E-state index contributed by atoms with van der Waals surface area (Å²) in [5, 5.41) is 3.08. The quantitative estimate of drug-likeness (QED) is 0.623. The van der Waals surface area contributed by atoms with Crippen LogP contribution in [0.15, 0.2) is 53.6 Å². The molecule has 0 saturated heterocycles. The first-order valence-corrected chi connectivity index (χ1v) is 11.6. The van der Waals surface area contributed by atoms with E-state index < -0.39 is 10.0 Å². The van der Waals surface area contributed by atoms with Gasteiger partial charge in [-0.2, -0.15) is 4.31 Å². The molecule has 2 rings (SSSR count). The van der Waals surface area contributed by atoms with Crippen molar-refractivity contribution in [3.8, 4) is 0 Å². The van der Waals surface area contributed by atoms with Crippen LogP contribution in [0.5, 0.6) is 0 Å². The zero-order chi connectivity index (χ0) is 22.3. The van der Waals surface area contributed by atoms with E-state index in [9.17, 15) is 13.2 Å². The monoisotopic (exact) mass is 432 g/mol. The van der Waals surface area contributed by atoms with Gasteiger partial charge in [0.15, 0.2) is 0 Å². The second-order valence-electron chi connectivity index (χ2n) is 7.81. The molecule has 1 aromatic carbocycles. The number of rotatable bonds is 10. The first kappa shape index (κ1) is 23.8. The Morgan fingerprint density at radius 1 is 1.03 bits per heavy atom. The molecule has 8 heteroatoms. The van der Waals surface area contributed by atoms with E-state index in [2.05, 4.69) is 10.3 Å². The summed E-state index contributed by atoms with van der Waals surface area (Å²) in [4.78, 5) is 18.4. The number of benzene rings is 1. The number of aromatic nitrogens is 1. The summed E-state index contributed by atoms with van der Waals surface area (Å²) in [5.41, 5.74) is 1.08. The molecule has 1 aromatic heterocycles. The third kappa shape index (κ3) is 6.27. The molecule has 0 aliphatic rings. The van der Waals surface area contributed by atoms with E-state index in [4.69, 9.17) is 0 Å². The minimum Gasteiger partial charge on any atom is -0.370 e. The number of amides is 1. The van der Waals surface area contributed by atoms with Crippen molar-refractivity contribution in [2.24, 2.45) is 0 Å². The number of hydrogen-bond acceptors (Lipinski definition) is 5. The predicted molar refractivity (Wildman–Crippen MR) is 120 cm³/mol. The van der Waals surface area contributed by atoms with Gasteiger partial charge in [0.2, 0.25) is 15.9 Å². The number of nitrogens with one attached hydrogen (secondary N) is 1. The highest BCUT2D eigenvalue weighted by Crippen LogP contribution is 2.21. The maximum absolute atomic E-state index is 12.9. The van der Waals surface area contributed by atoms with Gasteiger partial charge in [-0.1, -0.05) is 30.3 Å². The largest absolute Gasteiger partial charge is 0.370 e. The van der Waals surface area contributed by atoms with Gasteiger partial charge >= 0.3 is 0 Å². The molecule has 0 radical (unpaired) electrons. The van der Waals surface area contributed by atoms with E-state index in [0.717, 1.165) is 5.56 Å². The third-order valence-electron chi connectivity index (χ3n) is 4.66. The number of nitrogens with zero attached hydrogens (tertiary/aromatic N) is 3. The molecular formula is C22H32N4O3S. The summed E-state index contributed by atoms with van der Waals surface area (Å²) in [6, 6.07) is 12.7. The van der Waals surface area contributed by atoms with Gasteiger partial charge in [0.05, 0.1) is 0 Å². The highest BCUT2D eigenvalue weighted by Gasteiger charge is 2.29. The van der Waals surface area contributed by atoms with Gasteiger partial charge in [-0.25, -0.2) is 13.4 Å². The van der Waals surface area contributed by atoms with Crippen LogP contribution in [-0.4, -0.2) is 54.2 Å². The van der Waals surface area contributed by atoms with Crippen molar-refractivity contribution in [3.05, 3.63) is 54.2 Å². The summed E-state index contributed by atoms with van der Waals surface area (Å²) >= 11 is 0. The van der Waals surface area contributed by atoms with Gasteiger partial charge in [0.25, 0.3) is 0 Å². The van der Waals surface area contributed by atoms with Gasteiger partial charge in [-0.3, -0.25) is 4.79 Å². The fourth-order valence-corrected chi connectivity index (χ4v) is 5.12. The molecule has 0 saturated carbocycles. The Labute approximate surface area is 180 Å². The maximum Gasteiger partial charge on any atom is 0.245 e. The van der Waals surface area contributed by atoms with Crippen LogP contribution in [0, 0.1) is 0 Å². The van der Waals surface area contributed by atoms with Gasteiger partial charge in [-0.05, 0) is 45.4 Å². The number of anilines is 1. The zero-order valence-corrected chi connectivity index (χ0v) is 19.2. The predicted octanol–water partition coefficient (Wildman–Crippen LogP) is 3.35. The van der Waals surface area contributed by atoms with Gasteiger partial charge in [0, 0.05) is 44.8 Å². The third-order valence-corrected chi connectivity index (χ3v) is 6.90. The minimum atomic E-state index is -3.61. The van der Waals surface area contributed by atoms with Crippen LogP contribution in [0.25, 0.3) is 0 Å². The molecular weight excluding hydrogens is 400 g/mol. The molecule has 164 valence electrons. The number of hydrogen-bond donors (Lipinski definition) is 1. The summed E-state index contributed by atoms with van der Waals surface area (Å²) in [6.45, 7) is 8.40. The van der Waals surface area contributed by atoms with Gasteiger partial charge in [0.1, 0.15) is 10.7 Å². The Kier molecular flexibility index (Phi) is 8.37. The lowest BCUT2D eigenvalue weighted by Crippen LogP contribution is -2.41. The lowest BCUT2D eigenvalue weighted by atomic mass is 10.2. The van der Waals surface area contributed by atoms with Crippen molar-refractivity contribution in [3.63, 3.8) is 0 Å². The van der Waals surface area contributed by atoms with Crippen molar-refractivity contribution in [1.29, 1.82) is 0 Å². The average Bonchev–Trinajstić information content (AvgIpc) is 2.68. The zero-order valence-electron chi connectivity index (χ0n) is 18.4. The normalized spacial score (nSPS) is 11.9. The fourth-order valence-electron chi connectivity index (χ4n) is 3.34. The standard InChI is InChI=1S/C22H32N4O3S/c1-17(2)26(18(3)4)30(28,29)20-11-12-21(24-15-20)23-14-13-22(27)25(5)16-19-9-7-6-8-10-19/h6-12,15,17-18H,13-14,16H2,1-5H3,(H,23,24). The van der Waals surface area contributed by atoms with Crippen molar-refractivity contribution in [2.75, 3.05) is 18.9 Å². The van der Waals surface area contributed by atoms with E-state index in [0.29, 0.717) is 25.3 Å². The molecule has 1 N–H and O–H groups in total. The Balaban J connectivity index is 1.91. The molecule has 1 amide bonds. The van der Waals surface area contributed by atoms with Crippen molar-refractivity contribution >= 4 is 21.7 Å². The summed E-state index contributed by atoms with van der Waals surface area (Å²) in [7, 11) is -1.83. The van der Waals surface area contributed by atoms with Crippen LogP contribution < -0.4 is 5.32 Å². The Morgan fingerprint density at radius 3 is 2.20 bits per heavy atom. The smallest absolute Gasteiger partial charge is 0.245 e. The molecule has 30 heavy (non-hydrogen) atoms. The van der Waals surface area contributed by atoms with Crippen LogP contribution >= 0.6 is 0 Å². The van der Waals surface area contributed by atoms with Crippen LogP contribution in [-0.2, 0) is 21.4 Å². The first-order chi connectivity index (χ1) is 14.1. The van der Waals surface area contributed by atoms with Gasteiger partial charge < -0.3 is 10.2 Å². The molecule has 0 aliphatic carbocycles. The maximum atomic E-state index is 12.9. The topological polar surface area (TPSA) is 82.6 Å².